The molecule has 0 saturated heterocycles. The van der Waals surface area contributed by atoms with Crippen LogP contribution in [0.4, 0.5) is 10.5 Å². The average Bonchev–Trinajstić information content (AvgIpc) is 3.08. The summed E-state index contributed by atoms with van der Waals surface area (Å²) in [5.41, 5.74) is 0.716. The molecule has 9 nitrogen and oxygen atoms in total. The van der Waals surface area contributed by atoms with E-state index in [0.717, 1.165) is 0 Å². The zero-order chi connectivity index (χ0) is 20.5. The summed E-state index contributed by atoms with van der Waals surface area (Å²) in [5.74, 6) is -0.379. The number of ether oxygens (including phenoxy) is 3. The van der Waals surface area contributed by atoms with Crippen molar-refractivity contribution >= 4 is 23.6 Å². The molecule has 0 aliphatic rings. The zero-order valence-electron chi connectivity index (χ0n) is 16.0. The number of amides is 3. The summed E-state index contributed by atoms with van der Waals surface area (Å²) in [6.45, 7) is 4.01. The first-order valence-electron chi connectivity index (χ1n) is 8.73. The van der Waals surface area contributed by atoms with Crippen molar-refractivity contribution in [3.05, 3.63) is 42.2 Å². The molecule has 1 aromatic carbocycles. The largest absolute Gasteiger partial charge is 0.490 e. The van der Waals surface area contributed by atoms with Gasteiger partial charge in [0.1, 0.15) is 5.69 Å². The molecule has 1 heterocycles. The van der Waals surface area contributed by atoms with E-state index in [4.69, 9.17) is 14.2 Å². The highest BCUT2D eigenvalue weighted by molar-refractivity contribution is 6.02. The molecule has 0 spiro atoms. The zero-order valence-corrected chi connectivity index (χ0v) is 16.0. The Kier molecular flexibility index (Phi) is 7.44. The van der Waals surface area contributed by atoms with Gasteiger partial charge in [-0.15, -0.1) is 0 Å². The minimum atomic E-state index is -0.758. The molecule has 3 amide bonds. The fourth-order valence-electron chi connectivity index (χ4n) is 2.33. The number of rotatable bonds is 8. The number of esters is 1. The third-order valence-corrected chi connectivity index (χ3v) is 3.54. The van der Waals surface area contributed by atoms with Gasteiger partial charge in [0.05, 0.1) is 13.2 Å². The highest BCUT2D eigenvalue weighted by Gasteiger charge is 2.15. The lowest BCUT2D eigenvalue weighted by Gasteiger charge is -2.13. The number of anilines is 1. The van der Waals surface area contributed by atoms with Gasteiger partial charge < -0.3 is 24.1 Å². The molecule has 0 aliphatic carbocycles. The van der Waals surface area contributed by atoms with Crippen molar-refractivity contribution < 1.29 is 28.6 Å². The number of carbonyl (C=O) groups is 3. The van der Waals surface area contributed by atoms with Gasteiger partial charge in [-0.3, -0.25) is 10.1 Å². The van der Waals surface area contributed by atoms with E-state index >= 15 is 0 Å². The number of nitrogens with zero attached hydrogens (tertiary/aromatic N) is 1. The van der Waals surface area contributed by atoms with Crippen molar-refractivity contribution in [3.63, 3.8) is 0 Å². The van der Waals surface area contributed by atoms with Crippen LogP contribution in [0.3, 0.4) is 0 Å². The van der Waals surface area contributed by atoms with Gasteiger partial charge in [0.2, 0.25) is 0 Å². The summed E-state index contributed by atoms with van der Waals surface area (Å²) < 4.78 is 17.4. The summed E-state index contributed by atoms with van der Waals surface area (Å²) in [6, 6.07) is 7.35. The lowest BCUT2D eigenvalue weighted by Crippen LogP contribution is -2.37. The second-order valence-corrected chi connectivity index (χ2v) is 5.61. The summed E-state index contributed by atoms with van der Waals surface area (Å²) in [7, 11) is 1.68. The normalized spacial score (nSPS) is 10.1. The van der Waals surface area contributed by atoms with Gasteiger partial charge >= 0.3 is 12.0 Å². The topological polar surface area (TPSA) is 108 Å². The van der Waals surface area contributed by atoms with Crippen LogP contribution in [0.15, 0.2) is 36.5 Å². The van der Waals surface area contributed by atoms with Crippen LogP contribution in [-0.2, 0) is 16.6 Å². The molecule has 2 aromatic rings. The molecule has 1 aromatic heterocycles. The number of aromatic nitrogens is 1. The summed E-state index contributed by atoms with van der Waals surface area (Å²) >= 11 is 0. The van der Waals surface area contributed by atoms with Crippen molar-refractivity contribution in [1.29, 1.82) is 0 Å². The molecule has 9 heteroatoms. The van der Waals surface area contributed by atoms with Crippen molar-refractivity contribution in [2.24, 2.45) is 7.05 Å². The second-order valence-electron chi connectivity index (χ2n) is 5.61. The van der Waals surface area contributed by atoms with Gasteiger partial charge in [-0.1, -0.05) is 0 Å². The Morgan fingerprint density at radius 1 is 1.04 bits per heavy atom. The standard InChI is InChI=1S/C19H23N3O6/c1-4-26-15-9-8-13(11-16(15)27-5-2)20-19(25)21-17(23)12-28-18(24)14-7-6-10-22(14)3/h6-11H,4-5,12H2,1-3H3,(H2,20,21,23,25). The third kappa shape index (κ3) is 5.76. The van der Waals surface area contributed by atoms with Gasteiger partial charge in [-0.05, 0) is 38.1 Å². The molecule has 0 bridgehead atoms. The predicted molar refractivity (Wildman–Crippen MR) is 102 cm³/mol. The first kappa shape index (κ1) is 20.8. The molecule has 0 saturated carbocycles. The molecule has 0 atom stereocenters. The van der Waals surface area contributed by atoms with Crippen LogP contribution in [0.25, 0.3) is 0 Å². The number of benzene rings is 1. The Labute approximate surface area is 162 Å². The average molecular weight is 389 g/mol. The van der Waals surface area contributed by atoms with Crippen LogP contribution in [0.1, 0.15) is 24.3 Å². The molecule has 28 heavy (non-hydrogen) atoms. The van der Waals surface area contributed by atoms with Crippen molar-refractivity contribution in [2.45, 2.75) is 13.8 Å². The fourth-order valence-corrected chi connectivity index (χ4v) is 2.33. The quantitative estimate of drug-likeness (QED) is 0.671. The number of hydrogen-bond acceptors (Lipinski definition) is 6. The summed E-state index contributed by atoms with van der Waals surface area (Å²) in [5, 5.41) is 4.60. The lowest BCUT2D eigenvalue weighted by atomic mass is 10.2. The fraction of sp³-hybridized carbons (Fsp3) is 0.316. The Hall–Kier alpha value is -3.49. The van der Waals surface area contributed by atoms with Crippen LogP contribution in [0.2, 0.25) is 0 Å². The molecule has 0 aliphatic heterocycles. The van der Waals surface area contributed by atoms with Crippen molar-refractivity contribution in [3.8, 4) is 11.5 Å². The second kappa shape index (κ2) is 10.0. The van der Waals surface area contributed by atoms with Gasteiger partial charge in [0.25, 0.3) is 5.91 Å². The number of nitrogens with one attached hydrogen (secondary N) is 2. The molecule has 0 unspecified atom stereocenters. The maximum atomic E-state index is 12.0. The Morgan fingerprint density at radius 2 is 1.75 bits per heavy atom. The molecular formula is C19H23N3O6. The van der Waals surface area contributed by atoms with Crippen LogP contribution >= 0.6 is 0 Å². The third-order valence-electron chi connectivity index (χ3n) is 3.54. The number of urea groups is 1. The first-order chi connectivity index (χ1) is 13.4. The molecule has 0 radical (unpaired) electrons. The highest BCUT2D eigenvalue weighted by atomic mass is 16.5. The van der Waals surface area contributed by atoms with Gasteiger partial charge in [-0.25, -0.2) is 9.59 Å². The molecule has 0 fully saturated rings. The highest BCUT2D eigenvalue weighted by Crippen LogP contribution is 2.30. The van der Waals surface area contributed by atoms with Crippen molar-refractivity contribution in [2.75, 3.05) is 25.1 Å². The van der Waals surface area contributed by atoms with Crippen LogP contribution in [0.5, 0.6) is 11.5 Å². The van der Waals surface area contributed by atoms with Crippen LogP contribution in [-0.4, -0.2) is 42.3 Å². The smallest absolute Gasteiger partial charge is 0.355 e. The van der Waals surface area contributed by atoms with E-state index in [1.807, 2.05) is 13.8 Å². The van der Waals surface area contributed by atoms with E-state index in [2.05, 4.69) is 10.6 Å². The van der Waals surface area contributed by atoms with Crippen LogP contribution < -0.4 is 20.1 Å². The molecule has 2 rings (SSSR count). The van der Waals surface area contributed by atoms with E-state index in [-0.39, 0.29) is 0 Å². The SMILES string of the molecule is CCOc1ccc(NC(=O)NC(=O)COC(=O)c2cccn2C)cc1OCC. The van der Waals surface area contributed by atoms with Crippen LogP contribution in [0, 0.1) is 0 Å². The number of hydrogen-bond donors (Lipinski definition) is 2. The van der Waals surface area contributed by atoms with E-state index in [9.17, 15) is 14.4 Å². The number of imide groups is 1. The Morgan fingerprint density at radius 3 is 2.39 bits per heavy atom. The minimum absolute atomic E-state index is 0.301. The van der Waals surface area contributed by atoms with E-state index in [1.54, 1.807) is 48.1 Å². The minimum Gasteiger partial charge on any atom is -0.490 e. The van der Waals surface area contributed by atoms with Gasteiger partial charge in [0.15, 0.2) is 18.1 Å². The maximum absolute atomic E-state index is 12.0. The number of aryl methyl sites for hydroxylation is 1. The van der Waals surface area contributed by atoms with Crippen molar-refractivity contribution in [1.82, 2.24) is 9.88 Å². The molecular weight excluding hydrogens is 366 g/mol. The summed E-state index contributed by atoms with van der Waals surface area (Å²) in [6.07, 6.45) is 1.68. The monoisotopic (exact) mass is 389 g/mol. The predicted octanol–water partition coefficient (Wildman–Crippen LogP) is 2.33. The van der Waals surface area contributed by atoms with Gasteiger partial charge in [0, 0.05) is 25.0 Å². The summed E-state index contributed by atoms with van der Waals surface area (Å²) in [4.78, 5) is 35.6. The van der Waals surface area contributed by atoms with E-state index in [0.29, 0.717) is 36.1 Å². The van der Waals surface area contributed by atoms with E-state index < -0.39 is 24.5 Å². The molecule has 2 N–H and O–H groups in total. The first-order valence-corrected chi connectivity index (χ1v) is 8.73. The number of carbonyl (C=O) groups excluding carboxylic acids is 3. The lowest BCUT2D eigenvalue weighted by molar-refractivity contribution is -0.123. The maximum Gasteiger partial charge on any atom is 0.355 e. The van der Waals surface area contributed by atoms with Gasteiger partial charge in [-0.2, -0.15) is 0 Å². The Balaban J connectivity index is 1.87. The molecule has 150 valence electrons. The van der Waals surface area contributed by atoms with E-state index in [1.165, 1.54) is 0 Å². The Bertz CT molecular complexity index is 846.